The number of carbonyl (C=O) groups excluding carboxylic acids is 2. The highest BCUT2D eigenvalue weighted by Crippen LogP contribution is 2.29. The maximum absolute atomic E-state index is 12.6. The van der Waals surface area contributed by atoms with Crippen LogP contribution in [0, 0.1) is 19.8 Å². The van der Waals surface area contributed by atoms with Gasteiger partial charge in [-0.05, 0) is 38.8 Å². The highest BCUT2D eigenvalue weighted by Gasteiger charge is 2.21. The zero-order valence-electron chi connectivity index (χ0n) is 16.4. The zero-order valence-corrected chi connectivity index (χ0v) is 17.2. The van der Waals surface area contributed by atoms with Gasteiger partial charge in [0.2, 0.25) is 0 Å². The lowest BCUT2D eigenvalue weighted by atomic mass is 10.2. The summed E-state index contributed by atoms with van der Waals surface area (Å²) in [4.78, 5) is 25.4. The van der Waals surface area contributed by atoms with Crippen molar-refractivity contribution in [3.05, 3.63) is 46.8 Å². The number of hydrogen-bond donors (Lipinski definition) is 1. The SMILES string of the molecule is Cc1noc(C)c1CSc1ccccc1C(=O)O[C@H](C)C(=O)NCC(C)C. The first-order valence-corrected chi connectivity index (χ1v) is 9.90. The van der Waals surface area contributed by atoms with Gasteiger partial charge in [-0.2, -0.15) is 0 Å². The number of nitrogens with zero attached hydrogens (tertiary/aromatic N) is 1. The Hall–Kier alpha value is -2.28. The predicted molar refractivity (Wildman–Crippen MR) is 105 cm³/mol. The normalized spacial score (nSPS) is 12.1. The van der Waals surface area contributed by atoms with Crippen molar-refractivity contribution >= 4 is 23.6 Å². The molecule has 0 fully saturated rings. The van der Waals surface area contributed by atoms with Crippen LogP contribution < -0.4 is 5.32 Å². The first-order valence-electron chi connectivity index (χ1n) is 8.91. The second kappa shape index (κ2) is 9.60. The summed E-state index contributed by atoms with van der Waals surface area (Å²) in [6, 6.07) is 7.21. The van der Waals surface area contributed by atoms with Crippen molar-refractivity contribution in [3.8, 4) is 0 Å². The van der Waals surface area contributed by atoms with Crippen LogP contribution >= 0.6 is 11.8 Å². The minimum Gasteiger partial charge on any atom is -0.449 e. The van der Waals surface area contributed by atoms with Gasteiger partial charge in [0, 0.05) is 22.8 Å². The first-order chi connectivity index (χ1) is 12.8. The van der Waals surface area contributed by atoms with Crippen molar-refractivity contribution in [2.45, 2.75) is 51.4 Å². The number of aryl methyl sites for hydroxylation is 2. The molecule has 0 aliphatic heterocycles. The monoisotopic (exact) mass is 390 g/mol. The molecule has 6 nitrogen and oxygen atoms in total. The van der Waals surface area contributed by atoms with Gasteiger partial charge in [0.25, 0.3) is 5.91 Å². The number of amides is 1. The smallest absolute Gasteiger partial charge is 0.340 e. The van der Waals surface area contributed by atoms with Gasteiger partial charge in [0.05, 0.1) is 11.3 Å². The molecule has 1 N–H and O–H groups in total. The molecule has 146 valence electrons. The minimum absolute atomic E-state index is 0.294. The summed E-state index contributed by atoms with van der Waals surface area (Å²) in [5, 5.41) is 6.72. The Balaban J connectivity index is 2.03. The lowest BCUT2D eigenvalue weighted by Crippen LogP contribution is -2.37. The third-order valence-electron chi connectivity index (χ3n) is 4.00. The summed E-state index contributed by atoms with van der Waals surface area (Å²) >= 11 is 1.51. The Morgan fingerprint density at radius 3 is 2.56 bits per heavy atom. The number of thioether (sulfide) groups is 1. The van der Waals surface area contributed by atoms with Crippen molar-refractivity contribution in [1.82, 2.24) is 10.5 Å². The van der Waals surface area contributed by atoms with E-state index < -0.39 is 12.1 Å². The second-order valence-corrected chi connectivity index (χ2v) is 7.79. The number of ether oxygens (including phenoxy) is 1. The number of rotatable bonds is 8. The predicted octanol–water partition coefficient (Wildman–Crippen LogP) is 3.90. The van der Waals surface area contributed by atoms with Crippen LogP contribution in [0.4, 0.5) is 0 Å². The van der Waals surface area contributed by atoms with Crippen molar-refractivity contribution in [2.24, 2.45) is 5.92 Å². The highest BCUT2D eigenvalue weighted by molar-refractivity contribution is 7.98. The maximum atomic E-state index is 12.6. The molecule has 0 aliphatic rings. The van der Waals surface area contributed by atoms with Crippen LogP contribution in [0.15, 0.2) is 33.7 Å². The molecule has 1 atom stereocenters. The number of esters is 1. The summed E-state index contributed by atoms with van der Waals surface area (Å²) in [6.45, 7) is 9.89. The van der Waals surface area contributed by atoms with E-state index in [-0.39, 0.29) is 5.91 Å². The zero-order chi connectivity index (χ0) is 20.0. The molecule has 0 spiro atoms. The number of carbonyl (C=O) groups is 2. The van der Waals surface area contributed by atoms with Crippen LogP contribution in [-0.4, -0.2) is 29.7 Å². The number of nitrogens with one attached hydrogen (secondary N) is 1. The van der Waals surface area contributed by atoms with E-state index in [0.29, 0.717) is 23.8 Å². The third kappa shape index (κ3) is 5.85. The minimum atomic E-state index is -0.850. The average molecular weight is 391 g/mol. The molecule has 0 saturated heterocycles. The van der Waals surface area contributed by atoms with E-state index in [9.17, 15) is 9.59 Å². The molecular weight excluding hydrogens is 364 g/mol. The Bertz CT molecular complexity index is 782. The van der Waals surface area contributed by atoms with Gasteiger partial charge in [-0.1, -0.05) is 31.1 Å². The van der Waals surface area contributed by atoms with E-state index >= 15 is 0 Å². The number of benzene rings is 1. The Morgan fingerprint density at radius 2 is 1.93 bits per heavy atom. The molecule has 7 heteroatoms. The van der Waals surface area contributed by atoms with Gasteiger partial charge < -0.3 is 14.6 Å². The van der Waals surface area contributed by atoms with Crippen LogP contribution in [0.25, 0.3) is 0 Å². The van der Waals surface area contributed by atoms with E-state index in [1.807, 2.05) is 39.8 Å². The molecule has 0 unspecified atom stereocenters. The van der Waals surface area contributed by atoms with Gasteiger partial charge in [0.1, 0.15) is 5.76 Å². The van der Waals surface area contributed by atoms with Gasteiger partial charge in [-0.15, -0.1) is 11.8 Å². The maximum Gasteiger partial charge on any atom is 0.340 e. The summed E-state index contributed by atoms with van der Waals surface area (Å²) in [6.07, 6.45) is -0.850. The van der Waals surface area contributed by atoms with Crippen molar-refractivity contribution in [2.75, 3.05) is 6.54 Å². The van der Waals surface area contributed by atoms with Crippen LogP contribution in [-0.2, 0) is 15.3 Å². The Labute approximate surface area is 164 Å². The molecule has 1 heterocycles. The lowest BCUT2D eigenvalue weighted by molar-refractivity contribution is -0.129. The van der Waals surface area contributed by atoms with Crippen LogP contribution in [0.5, 0.6) is 0 Å². The molecule has 27 heavy (non-hydrogen) atoms. The van der Waals surface area contributed by atoms with Gasteiger partial charge in [-0.3, -0.25) is 4.79 Å². The molecule has 1 amide bonds. The van der Waals surface area contributed by atoms with Crippen LogP contribution in [0.3, 0.4) is 0 Å². The summed E-state index contributed by atoms with van der Waals surface area (Å²) < 4.78 is 10.5. The molecule has 0 radical (unpaired) electrons. The molecule has 2 aromatic rings. The highest BCUT2D eigenvalue weighted by atomic mass is 32.2. The first kappa shape index (κ1) is 21.0. The molecule has 1 aromatic carbocycles. The summed E-state index contributed by atoms with van der Waals surface area (Å²) in [5.74, 6) is 0.936. The Morgan fingerprint density at radius 1 is 1.22 bits per heavy atom. The van der Waals surface area contributed by atoms with Crippen molar-refractivity contribution in [3.63, 3.8) is 0 Å². The van der Waals surface area contributed by atoms with E-state index in [0.717, 1.165) is 21.9 Å². The van der Waals surface area contributed by atoms with E-state index in [2.05, 4.69) is 10.5 Å². The molecule has 1 aromatic heterocycles. The molecule has 0 saturated carbocycles. The van der Waals surface area contributed by atoms with Gasteiger partial charge in [0.15, 0.2) is 6.10 Å². The quantitative estimate of drug-likeness (QED) is 0.544. The third-order valence-corrected chi connectivity index (χ3v) is 5.10. The molecule has 0 aliphatic carbocycles. The summed E-state index contributed by atoms with van der Waals surface area (Å²) in [5.41, 5.74) is 2.30. The number of hydrogen-bond acceptors (Lipinski definition) is 6. The Kier molecular flexibility index (Phi) is 7.47. The average Bonchev–Trinajstić information content (AvgIpc) is 2.95. The second-order valence-electron chi connectivity index (χ2n) is 6.77. The number of aromatic nitrogens is 1. The molecule has 0 bridgehead atoms. The van der Waals surface area contributed by atoms with Crippen molar-refractivity contribution < 1.29 is 18.8 Å². The molecular formula is C20H26N2O4S. The fourth-order valence-corrected chi connectivity index (χ4v) is 3.54. The van der Waals surface area contributed by atoms with Gasteiger partial charge in [-0.25, -0.2) is 4.79 Å². The fraction of sp³-hybridized carbons (Fsp3) is 0.450. The lowest BCUT2D eigenvalue weighted by Gasteiger charge is -2.15. The topological polar surface area (TPSA) is 81.4 Å². The van der Waals surface area contributed by atoms with Crippen LogP contribution in [0.1, 0.15) is 48.1 Å². The summed E-state index contributed by atoms with van der Waals surface area (Å²) in [7, 11) is 0. The largest absolute Gasteiger partial charge is 0.449 e. The van der Waals surface area contributed by atoms with Gasteiger partial charge >= 0.3 is 5.97 Å². The van der Waals surface area contributed by atoms with E-state index in [1.54, 1.807) is 19.1 Å². The van der Waals surface area contributed by atoms with Crippen LogP contribution in [0.2, 0.25) is 0 Å². The van der Waals surface area contributed by atoms with Crippen molar-refractivity contribution in [1.29, 1.82) is 0 Å². The standard InChI is InChI=1S/C20H26N2O4S/c1-12(2)10-21-19(23)15(5)25-20(24)16-8-6-7-9-18(16)27-11-17-13(3)22-26-14(17)4/h6-9,12,15H,10-11H2,1-5H3,(H,21,23)/t15-/m1/s1. The van der Waals surface area contributed by atoms with E-state index in [4.69, 9.17) is 9.26 Å². The van der Waals surface area contributed by atoms with E-state index in [1.165, 1.54) is 11.8 Å². The molecule has 2 rings (SSSR count). The fourth-order valence-electron chi connectivity index (χ4n) is 2.35.